The summed E-state index contributed by atoms with van der Waals surface area (Å²) in [6, 6.07) is 51.0. The molecule has 2 aromatic heterocycles. The summed E-state index contributed by atoms with van der Waals surface area (Å²) >= 11 is 2.30. The van der Waals surface area contributed by atoms with E-state index in [1.54, 1.807) is 6.20 Å². The van der Waals surface area contributed by atoms with Gasteiger partial charge in [0.05, 0.1) is 28.9 Å². The first-order valence-electron chi connectivity index (χ1n) is 25.9. The van der Waals surface area contributed by atoms with Gasteiger partial charge in [-0.2, -0.15) is 15.3 Å². The summed E-state index contributed by atoms with van der Waals surface area (Å²) in [4.78, 5) is 37.6. The van der Waals surface area contributed by atoms with Crippen molar-refractivity contribution in [1.82, 2.24) is 24.6 Å². The van der Waals surface area contributed by atoms with Gasteiger partial charge in [-0.15, -0.1) is 0 Å². The smallest absolute Gasteiger partial charge is 0.444 e. The van der Waals surface area contributed by atoms with Gasteiger partial charge in [-0.05, 0) is 117 Å². The Balaban J connectivity index is 1.00. The zero-order valence-corrected chi connectivity index (χ0v) is 46.8. The standard InChI is InChI=1S/C61H66BIN8O5/c1-58(2,3)74-57(73)70(42-53(72)69(34-32-43-22-13-9-14-23-43)39-44-24-21-25-45(36-44)40-71-41-49(38-65-71)62-75-59(4,5)60(6,7)76-62)35-33-51(63)50-37-52(64-8)66-55-54(50)67-68-56(55)61(46-26-15-10-16-27-46,47-28-17-11-18-29-47)48-30-19-12-20-31-48/h9-31,33,36-38,41,56H,32,34-35,39-40,42H2,1-8H3,(H,64,66)/b51-33-. The lowest BCUT2D eigenvalue weighted by molar-refractivity contribution is -0.132. The van der Waals surface area contributed by atoms with Crippen molar-refractivity contribution < 1.29 is 23.6 Å². The Morgan fingerprint density at radius 2 is 1.34 bits per heavy atom. The number of ether oxygens (including phenoxy) is 1. The van der Waals surface area contributed by atoms with Gasteiger partial charge in [0.15, 0.2) is 0 Å². The number of nitrogens with one attached hydrogen (secondary N) is 1. The van der Waals surface area contributed by atoms with E-state index in [0.717, 1.165) is 48.0 Å². The molecule has 390 valence electrons. The van der Waals surface area contributed by atoms with Gasteiger partial charge >= 0.3 is 13.2 Å². The van der Waals surface area contributed by atoms with E-state index in [1.807, 2.05) is 132 Å². The second-order valence-corrected chi connectivity index (χ2v) is 22.6. The van der Waals surface area contributed by atoms with E-state index in [-0.39, 0.29) is 19.0 Å². The number of nitrogens with zero attached hydrogens (tertiary/aromatic N) is 7. The molecule has 0 aliphatic carbocycles. The average molecular weight is 1130 g/mol. The van der Waals surface area contributed by atoms with Crippen molar-refractivity contribution in [3.63, 3.8) is 0 Å². The normalized spacial score (nSPS) is 15.8. The number of fused-ring (bicyclic) bond motifs is 1. The molecule has 0 saturated carbocycles. The van der Waals surface area contributed by atoms with Gasteiger partial charge in [0.25, 0.3) is 0 Å². The third kappa shape index (κ3) is 11.9. The highest BCUT2D eigenvalue weighted by atomic mass is 127. The molecule has 13 nitrogen and oxygen atoms in total. The number of carbonyl (C=O) groups excluding carboxylic acids is 2. The molecular formula is C61H66BIN8O5. The minimum atomic E-state index is -0.811. The largest absolute Gasteiger partial charge is 0.498 e. The summed E-state index contributed by atoms with van der Waals surface area (Å²) in [7, 11) is 1.34. The number of rotatable bonds is 18. The molecule has 0 radical (unpaired) electrons. The van der Waals surface area contributed by atoms with Gasteiger partial charge in [-0.25, -0.2) is 9.78 Å². The van der Waals surface area contributed by atoms with Crippen molar-refractivity contribution in [2.24, 2.45) is 10.2 Å². The van der Waals surface area contributed by atoms with Crippen molar-refractivity contribution in [2.75, 3.05) is 32.0 Å². The Kier molecular flexibility index (Phi) is 16.1. The summed E-state index contributed by atoms with van der Waals surface area (Å²) < 4.78 is 21.2. The number of hydrogen-bond acceptors (Lipinski definition) is 10. The number of azo groups is 1. The lowest BCUT2D eigenvalue weighted by Gasteiger charge is -2.39. The molecule has 2 aliphatic heterocycles. The molecule has 7 aromatic rings. The molecule has 15 heteroatoms. The zero-order valence-electron chi connectivity index (χ0n) is 44.6. The van der Waals surface area contributed by atoms with Crippen LogP contribution in [0.25, 0.3) is 3.58 Å². The fourth-order valence-corrected chi connectivity index (χ4v) is 10.4. The van der Waals surface area contributed by atoms with E-state index in [0.29, 0.717) is 43.3 Å². The maximum Gasteiger partial charge on any atom is 0.498 e. The molecule has 1 atom stereocenters. The van der Waals surface area contributed by atoms with Gasteiger partial charge < -0.3 is 24.3 Å². The highest BCUT2D eigenvalue weighted by Gasteiger charge is 2.52. The van der Waals surface area contributed by atoms with E-state index in [2.05, 4.69) is 130 Å². The van der Waals surface area contributed by atoms with Gasteiger partial charge in [0.1, 0.15) is 29.7 Å². The first-order chi connectivity index (χ1) is 36.4. The number of amides is 2. The number of hydrogen-bond donors (Lipinski definition) is 1. The minimum absolute atomic E-state index is 0.0767. The predicted molar refractivity (Wildman–Crippen MR) is 309 cm³/mol. The molecule has 1 unspecified atom stereocenters. The van der Waals surface area contributed by atoms with Gasteiger partial charge in [0.2, 0.25) is 5.91 Å². The third-order valence-electron chi connectivity index (χ3n) is 14.4. The van der Waals surface area contributed by atoms with Gasteiger partial charge in [0, 0.05) is 53.7 Å². The predicted octanol–water partition coefficient (Wildman–Crippen LogP) is 12.1. The summed E-state index contributed by atoms with van der Waals surface area (Å²) in [6.45, 7) is 14.7. The molecule has 76 heavy (non-hydrogen) atoms. The fraction of sp³-hybridized carbons (Fsp3) is 0.311. The highest BCUT2D eigenvalue weighted by molar-refractivity contribution is 14.1. The molecule has 4 heterocycles. The van der Waals surface area contributed by atoms with E-state index in [1.165, 1.54) is 4.90 Å². The molecule has 5 aromatic carbocycles. The number of aromatic nitrogens is 3. The molecule has 0 bridgehead atoms. The average Bonchev–Trinajstić information content (AvgIpc) is 4.13. The quantitative estimate of drug-likeness (QED) is 0.0510. The minimum Gasteiger partial charge on any atom is -0.444 e. The van der Waals surface area contributed by atoms with Crippen LogP contribution in [0.15, 0.2) is 180 Å². The molecule has 2 aliphatic rings. The van der Waals surface area contributed by atoms with Crippen LogP contribution in [-0.4, -0.2) is 87.2 Å². The highest BCUT2D eigenvalue weighted by Crippen LogP contribution is 2.56. The van der Waals surface area contributed by atoms with Crippen LogP contribution < -0.4 is 10.8 Å². The molecule has 2 amide bonds. The monoisotopic (exact) mass is 1130 g/mol. The number of pyridine rings is 1. The van der Waals surface area contributed by atoms with Crippen LogP contribution in [0.1, 0.15) is 99.1 Å². The molecule has 1 saturated heterocycles. The van der Waals surface area contributed by atoms with Crippen LogP contribution >= 0.6 is 22.6 Å². The lowest BCUT2D eigenvalue weighted by atomic mass is 9.64. The zero-order chi connectivity index (χ0) is 53.7. The maximum absolute atomic E-state index is 14.9. The Morgan fingerprint density at radius 3 is 1.92 bits per heavy atom. The third-order valence-corrected chi connectivity index (χ3v) is 15.4. The lowest BCUT2D eigenvalue weighted by Crippen LogP contribution is -2.45. The number of benzene rings is 5. The summed E-state index contributed by atoms with van der Waals surface area (Å²) in [5, 5.41) is 18.0. The second-order valence-electron chi connectivity index (χ2n) is 21.4. The van der Waals surface area contributed by atoms with Gasteiger partial charge in [-0.1, -0.05) is 152 Å². The van der Waals surface area contributed by atoms with Crippen LogP contribution in [0.5, 0.6) is 0 Å². The van der Waals surface area contributed by atoms with Crippen molar-refractivity contribution >= 4 is 62.3 Å². The first kappa shape index (κ1) is 53.9. The molecule has 9 rings (SSSR count). The Labute approximate surface area is 461 Å². The molecule has 1 N–H and O–H groups in total. The van der Waals surface area contributed by atoms with Crippen LogP contribution in [0.4, 0.5) is 16.3 Å². The van der Waals surface area contributed by atoms with E-state index >= 15 is 0 Å². The van der Waals surface area contributed by atoms with Crippen LogP contribution in [0.2, 0.25) is 0 Å². The Morgan fingerprint density at radius 1 is 0.776 bits per heavy atom. The maximum atomic E-state index is 14.9. The molecular weight excluding hydrogens is 1060 g/mol. The topological polar surface area (TPSA) is 136 Å². The summed E-state index contributed by atoms with van der Waals surface area (Å²) in [5.74, 6) is 0.428. The van der Waals surface area contributed by atoms with Crippen molar-refractivity contribution in [3.8, 4) is 0 Å². The van der Waals surface area contributed by atoms with Gasteiger partial charge in [-0.3, -0.25) is 14.4 Å². The van der Waals surface area contributed by atoms with E-state index < -0.39 is 41.5 Å². The fourth-order valence-electron chi connectivity index (χ4n) is 9.80. The molecule has 1 fully saturated rings. The van der Waals surface area contributed by atoms with Crippen molar-refractivity contribution in [3.05, 3.63) is 215 Å². The first-order valence-corrected chi connectivity index (χ1v) is 26.9. The SMILES string of the molecule is CNc1cc(/C(I)=C/CN(CC(=O)N(CCc2ccccc2)Cc2cccc(Cn3cc(B4OC(C)(C)C(C)(C)O4)cn3)c2)C(=O)OC(C)(C)C)c2c(n1)C(C(c1ccccc1)(c1ccccc1)c1ccccc1)N=N2. The number of halogens is 1. The van der Waals surface area contributed by atoms with E-state index in [9.17, 15) is 9.59 Å². The van der Waals surface area contributed by atoms with Crippen LogP contribution in [0.3, 0.4) is 0 Å². The number of anilines is 1. The summed E-state index contributed by atoms with van der Waals surface area (Å²) in [6.07, 6.45) is 5.73. The number of carbonyl (C=O) groups is 2. The summed E-state index contributed by atoms with van der Waals surface area (Å²) in [5.41, 5.74) is 6.71. The Hall–Kier alpha value is -6.95. The Bertz CT molecular complexity index is 3090. The van der Waals surface area contributed by atoms with Crippen molar-refractivity contribution in [2.45, 2.75) is 96.2 Å². The van der Waals surface area contributed by atoms with Crippen LogP contribution in [0, 0.1) is 0 Å². The van der Waals surface area contributed by atoms with Crippen molar-refractivity contribution in [1.29, 1.82) is 0 Å². The second kappa shape index (κ2) is 22.7. The molecule has 0 spiro atoms. The van der Waals surface area contributed by atoms with E-state index in [4.69, 9.17) is 29.3 Å². The van der Waals surface area contributed by atoms with Crippen LogP contribution in [-0.2, 0) is 43.8 Å².